The maximum atomic E-state index is 12.5. The highest BCUT2D eigenvalue weighted by molar-refractivity contribution is 5.91. The average molecular weight is 346 g/mol. The number of nitrogens with zero attached hydrogens (tertiary/aromatic N) is 3. The second-order valence-electron chi connectivity index (χ2n) is 6.62. The van der Waals surface area contributed by atoms with E-state index in [1.54, 1.807) is 6.92 Å². The van der Waals surface area contributed by atoms with E-state index in [1.165, 1.54) is 0 Å². The molecule has 0 atom stereocenters. The van der Waals surface area contributed by atoms with Crippen molar-refractivity contribution < 1.29 is 14.3 Å². The van der Waals surface area contributed by atoms with E-state index in [9.17, 15) is 4.79 Å². The van der Waals surface area contributed by atoms with Gasteiger partial charge in [0.1, 0.15) is 5.52 Å². The van der Waals surface area contributed by atoms with Gasteiger partial charge in [0.25, 0.3) is 0 Å². The monoisotopic (exact) mass is 346 g/mol. The van der Waals surface area contributed by atoms with Gasteiger partial charge in [-0.2, -0.15) is 0 Å². The molecule has 0 spiro atoms. The fraction of sp³-hybridized carbons (Fsp3) is 0.556. The number of urea groups is 1. The molecule has 7 nitrogen and oxygen atoms in total. The lowest BCUT2D eigenvalue weighted by Crippen LogP contribution is -2.47. The molecule has 1 aliphatic rings. The van der Waals surface area contributed by atoms with Crippen LogP contribution >= 0.6 is 0 Å². The number of hydrogen-bond donors (Lipinski definition) is 2. The van der Waals surface area contributed by atoms with Crippen LogP contribution in [-0.2, 0) is 0 Å². The number of anilines is 1. The topological polar surface area (TPSA) is 81.8 Å². The van der Waals surface area contributed by atoms with Crippen molar-refractivity contribution in [2.45, 2.75) is 32.2 Å². The van der Waals surface area contributed by atoms with Gasteiger partial charge in [0.05, 0.1) is 0 Å². The largest absolute Gasteiger partial charge is 0.441 e. The lowest BCUT2D eigenvalue weighted by molar-refractivity contribution is 0.134. The Morgan fingerprint density at radius 2 is 2.20 bits per heavy atom. The normalized spacial score (nSPS) is 15.9. The van der Waals surface area contributed by atoms with Crippen LogP contribution in [-0.4, -0.2) is 65.3 Å². The average Bonchev–Trinajstić information content (AvgIpc) is 2.99. The summed E-state index contributed by atoms with van der Waals surface area (Å²) in [5.74, 6) is 0.617. The Bertz CT molecular complexity index is 722. The van der Waals surface area contributed by atoms with Gasteiger partial charge in [0, 0.05) is 51.0 Å². The van der Waals surface area contributed by atoms with Crippen LogP contribution in [0, 0.1) is 6.92 Å². The number of amides is 2. The fourth-order valence-electron chi connectivity index (χ4n) is 3.33. The first-order valence-electron chi connectivity index (χ1n) is 8.81. The van der Waals surface area contributed by atoms with E-state index < -0.39 is 0 Å². The molecule has 0 radical (unpaired) electrons. The number of likely N-dealkylation sites (tertiary alicyclic amines) is 1. The maximum absolute atomic E-state index is 12.5. The molecule has 0 bridgehead atoms. The zero-order valence-corrected chi connectivity index (χ0v) is 14.9. The molecule has 1 fully saturated rings. The molecule has 1 saturated heterocycles. The lowest BCUT2D eigenvalue weighted by Gasteiger charge is -2.36. The maximum Gasteiger partial charge on any atom is 0.321 e. The minimum Gasteiger partial charge on any atom is -0.441 e. The molecule has 25 heavy (non-hydrogen) atoms. The first-order valence-corrected chi connectivity index (χ1v) is 8.81. The summed E-state index contributed by atoms with van der Waals surface area (Å²) in [4.78, 5) is 20.9. The number of aliphatic hydroxyl groups is 1. The SMILES string of the molecule is Cc1nc2ccc(NC(=O)N3CCC(N(C)CCCO)CC3)cc2o1. The predicted molar refractivity (Wildman–Crippen MR) is 96.7 cm³/mol. The number of oxazole rings is 1. The highest BCUT2D eigenvalue weighted by atomic mass is 16.3. The van der Waals surface area contributed by atoms with Gasteiger partial charge in [-0.3, -0.25) is 0 Å². The van der Waals surface area contributed by atoms with E-state index in [4.69, 9.17) is 9.52 Å². The van der Waals surface area contributed by atoms with Crippen LogP contribution in [0.3, 0.4) is 0 Å². The van der Waals surface area contributed by atoms with E-state index in [0.717, 1.165) is 50.1 Å². The standard InChI is InChI=1S/C18H26N4O3/c1-13-19-16-5-4-14(12-17(16)25-13)20-18(24)22-9-6-15(7-10-22)21(2)8-3-11-23/h4-5,12,15,23H,3,6-11H2,1-2H3,(H,20,24). The van der Waals surface area contributed by atoms with E-state index >= 15 is 0 Å². The Morgan fingerprint density at radius 3 is 2.92 bits per heavy atom. The Hall–Kier alpha value is -2.12. The van der Waals surface area contributed by atoms with E-state index in [-0.39, 0.29) is 12.6 Å². The molecule has 2 aromatic rings. The molecule has 2 heterocycles. The van der Waals surface area contributed by atoms with Crippen molar-refractivity contribution in [1.82, 2.24) is 14.8 Å². The summed E-state index contributed by atoms with van der Waals surface area (Å²) in [7, 11) is 2.09. The van der Waals surface area contributed by atoms with Crippen molar-refractivity contribution >= 4 is 22.8 Å². The molecule has 0 aliphatic carbocycles. The van der Waals surface area contributed by atoms with Gasteiger partial charge < -0.3 is 24.6 Å². The van der Waals surface area contributed by atoms with Crippen LogP contribution in [0.15, 0.2) is 22.6 Å². The highest BCUT2D eigenvalue weighted by Crippen LogP contribution is 2.21. The number of piperidine rings is 1. The first kappa shape index (κ1) is 17.7. The molecule has 0 unspecified atom stereocenters. The molecule has 3 rings (SSSR count). The number of carbonyl (C=O) groups excluding carboxylic acids is 1. The summed E-state index contributed by atoms with van der Waals surface area (Å²) in [5.41, 5.74) is 2.19. The number of hydrogen-bond acceptors (Lipinski definition) is 5. The van der Waals surface area contributed by atoms with Gasteiger partial charge in [-0.25, -0.2) is 9.78 Å². The minimum absolute atomic E-state index is 0.0768. The van der Waals surface area contributed by atoms with Crippen molar-refractivity contribution in [2.75, 3.05) is 38.6 Å². The third kappa shape index (κ3) is 4.29. The van der Waals surface area contributed by atoms with Crippen LogP contribution in [0.5, 0.6) is 0 Å². The smallest absolute Gasteiger partial charge is 0.321 e. The first-order chi connectivity index (χ1) is 12.1. The Kier molecular flexibility index (Phi) is 5.55. The molecule has 2 N–H and O–H groups in total. The zero-order valence-electron chi connectivity index (χ0n) is 14.9. The number of aryl methyl sites for hydroxylation is 1. The number of benzene rings is 1. The minimum atomic E-state index is -0.0768. The van der Waals surface area contributed by atoms with Gasteiger partial charge in [-0.15, -0.1) is 0 Å². The molecule has 0 saturated carbocycles. The van der Waals surface area contributed by atoms with Crippen molar-refractivity contribution in [1.29, 1.82) is 0 Å². The van der Waals surface area contributed by atoms with Gasteiger partial charge in [-0.05, 0) is 38.4 Å². The van der Waals surface area contributed by atoms with Crippen molar-refractivity contribution in [2.24, 2.45) is 0 Å². The van der Waals surface area contributed by atoms with Crippen LogP contribution in [0.4, 0.5) is 10.5 Å². The molecular formula is C18H26N4O3. The summed E-state index contributed by atoms with van der Waals surface area (Å²) in [6.45, 7) is 4.40. The lowest BCUT2D eigenvalue weighted by atomic mass is 10.0. The third-order valence-corrected chi connectivity index (χ3v) is 4.79. The number of fused-ring (bicyclic) bond motifs is 1. The Labute approximate surface area is 147 Å². The summed E-state index contributed by atoms with van der Waals surface area (Å²) in [6.07, 6.45) is 2.70. The van der Waals surface area contributed by atoms with Crippen molar-refractivity contribution in [3.8, 4) is 0 Å². The number of aromatic nitrogens is 1. The van der Waals surface area contributed by atoms with Gasteiger partial charge >= 0.3 is 6.03 Å². The van der Waals surface area contributed by atoms with E-state index in [1.807, 2.05) is 23.1 Å². The second-order valence-corrected chi connectivity index (χ2v) is 6.62. The number of rotatable bonds is 5. The summed E-state index contributed by atoms with van der Waals surface area (Å²) in [6, 6.07) is 5.90. The third-order valence-electron chi connectivity index (χ3n) is 4.79. The fourth-order valence-corrected chi connectivity index (χ4v) is 3.33. The van der Waals surface area contributed by atoms with E-state index in [2.05, 4.69) is 22.2 Å². The summed E-state index contributed by atoms with van der Waals surface area (Å²) in [5, 5.41) is 11.9. The molecule has 1 aromatic carbocycles. The summed E-state index contributed by atoms with van der Waals surface area (Å²) < 4.78 is 5.51. The Morgan fingerprint density at radius 1 is 1.44 bits per heavy atom. The highest BCUT2D eigenvalue weighted by Gasteiger charge is 2.25. The summed E-state index contributed by atoms with van der Waals surface area (Å²) >= 11 is 0. The molecular weight excluding hydrogens is 320 g/mol. The number of aliphatic hydroxyl groups excluding tert-OH is 1. The predicted octanol–water partition coefficient (Wildman–Crippen LogP) is 2.45. The second kappa shape index (κ2) is 7.84. The van der Waals surface area contributed by atoms with Crippen LogP contribution in [0.2, 0.25) is 0 Å². The number of nitrogens with one attached hydrogen (secondary N) is 1. The van der Waals surface area contributed by atoms with Crippen LogP contribution in [0.25, 0.3) is 11.1 Å². The van der Waals surface area contributed by atoms with Crippen molar-refractivity contribution in [3.63, 3.8) is 0 Å². The number of carbonyl (C=O) groups is 1. The molecule has 2 amide bonds. The van der Waals surface area contributed by atoms with Gasteiger partial charge in [0.2, 0.25) is 0 Å². The van der Waals surface area contributed by atoms with Gasteiger partial charge in [0.15, 0.2) is 11.5 Å². The van der Waals surface area contributed by atoms with Gasteiger partial charge in [-0.1, -0.05) is 0 Å². The zero-order chi connectivity index (χ0) is 17.8. The van der Waals surface area contributed by atoms with Crippen molar-refractivity contribution in [3.05, 3.63) is 24.1 Å². The quantitative estimate of drug-likeness (QED) is 0.869. The Balaban J connectivity index is 1.53. The van der Waals surface area contributed by atoms with Crippen LogP contribution < -0.4 is 5.32 Å². The molecule has 7 heteroatoms. The van der Waals surface area contributed by atoms with E-state index in [0.29, 0.717) is 17.5 Å². The molecule has 1 aliphatic heterocycles. The molecule has 1 aromatic heterocycles. The molecule has 136 valence electrons. The van der Waals surface area contributed by atoms with Crippen LogP contribution in [0.1, 0.15) is 25.2 Å².